The molecule has 0 spiro atoms. The first-order chi connectivity index (χ1) is 16.1. The van der Waals surface area contributed by atoms with Crippen molar-refractivity contribution in [3.05, 3.63) is 29.8 Å². The van der Waals surface area contributed by atoms with Crippen molar-refractivity contribution in [2.24, 2.45) is 35.5 Å². The van der Waals surface area contributed by atoms with Gasteiger partial charge in [-0.2, -0.15) is 0 Å². The average Bonchev–Trinajstić information content (AvgIpc) is 3.72. The van der Waals surface area contributed by atoms with Crippen molar-refractivity contribution in [1.82, 2.24) is 5.32 Å². The zero-order valence-corrected chi connectivity index (χ0v) is 19.5. The number of hydrogen-bond donors (Lipinski definition) is 1. The van der Waals surface area contributed by atoms with Crippen LogP contribution in [0.5, 0.6) is 5.75 Å². The topological polar surface area (TPSA) is 81.7 Å². The fourth-order valence-electron chi connectivity index (χ4n) is 6.54. The quantitative estimate of drug-likeness (QED) is 0.474. The van der Waals surface area contributed by atoms with E-state index in [4.69, 9.17) is 9.47 Å². The van der Waals surface area contributed by atoms with E-state index in [1.165, 1.54) is 25.7 Å². The Kier molecular flexibility index (Phi) is 6.44. The molecule has 1 unspecified atom stereocenters. The molecule has 1 amide bonds. The zero-order valence-electron chi connectivity index (χ0n) is 19.5. The van der Waals surface area contributed by atoms with Gasteiger partial charge in [0.25, 0.3) is 0 Å². The normalized spacial score (nSPS) is 32.5. The van der Waals surface area contributed by atoms with Gasteiger partial charge >= 0.3 is 11.9 Å². The summed E-state index contributed by atoms with van der Waals surface area (Å²) in [4.78, 5) is 37.9. The second kappa shape index (κ2) is 9.47. The molecule has 33 heavy (non-hydrogen) atoms. The van der Waals surface area contributed by atoms with Gasteiger partial charge in [-0.1, -0.05) is 37.8 Å². The standard InChI is InChI=1S/C27H35NO5/c1-2-32-26(30)22(28-25(29)23-18-7-3-4-8-19(18)23)15-16-11-13-17(14-12-16)33-27(31)24-20-9-5-6-10-21(20)24/h11-14,18-24H,2-10,15H2,1H3,(H,28,29)/t18-,19+,20-,21-,22-,23?/m0/s1. The van der Waals surface area contributed by atoms with Gasteiger partial charge in [0.05, 0.1) is 12.5 Å². The summed E-state index contributed by atoms with van der Waals surface area (Å²) in [5, 5.41) is 2.97. The summed E-state index contributed by atoms with van der Waals surface area (Å²) in [5.74, 6) is 2.16. The summed E-state index contributed by atoms with van der Waals surface area (Å²) >= 11 is 0. The lowest BCUT2D eigenvalue weighted by Crippen LogP contribution is -2.44. The lowest BCUT2D eigenvalue weighted by Gasteiger charge is -2.18. The Balaban J connectivity index is 1.17. The van der Waals surface area contributed by atoms with Gasteiger partial charge in [-0.25, -0.2) is 4.79 Å². The monoisotopic (exact) mass is 453 g/mol. The van der Waals surface area contributed by atoms with Crippen LogP contribution in [0, 0.1) is 35.5 Å². The third kappa shape index (κ3) is 4.80. The second-order valence-corrected chi connectivity index (χ2v) is 10.4. The minimum atomic E-state index is -0.705. The van der Waals surface area contributed by atoms with Crippen molar-refractivity contribution in [2.75, 3.05) is 6.61 Å². The van der Waals surface area contributed by atoms with E-state index in [1.54, 1.807) is 19.1 Å². The molecule has 0 bridgehead atoms. The maximum Gasteiger partial charge on any atom is 0.328 e. The molecule has 0 heterocycles. The number of hydrogen-bond acceptors (Lipinski definition) is 5. The molecule has 1 aromatic carbocycles. The van der Waals surface area contributed by atoms with E-state index in [-0.39, 0.29) is 30.3 Å². The number of carbonyl (C=O) groups is 3. The van der Waals surface area contributed by atoms with E-state index in [9.17, 15) is 14.4 Å². The van der Waals surface area contributed by atoms with Crippen LogP contribution >= 0.6 is 0 Å². The lowest BCUT2D eigenvalue weighted by atomic mass is 10.0. The minimum Gasteiger partial charge on any atom is -0.464 e. The van der Waals surface area contributed by atoms with E-state index in [1.807, 2.05) is 12.1 Å². The maximum absolute atomic E-state index is 12.9. The van der Waals surface area contributed by atoms with Gasteiger partial charge in [0.2, 0.25) is 5.91 Å². The second-order valence-electron chi connectivity index (χ2n) is 10.4. The number of rotatable bonds is 8. The first-order valence-corrected chi connectivity index (χ1v) is 12.8. The van der Waals surface area contributed by atoms with Crippen LogP contribution in [0.4, 0.5) is 0 Å². The van der Waals surface area contributed by atoms with E-state index in [0.717, 1.165) is 31.2 Å². The molecule has 1 aromatic rings. The molecular weight excluding hydrogens is 418 g/mol. The number of nitrogens with one attached hydrogen (secondary N) is 1. The number of esters is 2. The summed E-state index contributed by atoms with van der Waals surface area (Å²) in [6, 6.07) is 6.57. The fraction of sp³-hybridized carbons (Fsp3) is 0.667. The van der Waals surface area contributed by atoms with Crippen LogP contribution in [0.3, 0.4) is 0 Å². The Morgan fingerprint density at radius 1 is 0.879 bits per heavy atom. The van der Waals surface area contributed by atoms with Crippen molar-refractivity contribution in [2.45, 2.75) is 70.8 Å². The van der Waals surface area contributed by atoms with E-state index >= 15 is 0 Å². The average molecular weight is 454 g/mol. The van der Waals surface area contributed by atoms with Gasteiger partial charge < -0.3 is 14.8 Å². The summed E-state index contributed by atoms with van der Waals surface area (Å²) in [7, 11) is 0. The highest BCUT2D eigenvalue weighted by molar-refractivity contribution is 5.88. The molecule has 1 N–H and O–H groups in total. The Hall–Kier alpha value is -2.37. The van der Waals surface area contributed by atoms with Crippen LogP contribution in [-0.2, 0) is 25.5 Å². The van der Waals surface area contributed by atoms with E-state index in [2.05, 4.69) is 5.32 Å². The van der Waals surface area contributed by atoms with Crippen LogP contribution in [0.15, 0.2) is 24.3 Å². The molecule has 4 fully saturated rings. The van der Waals surface area contributed by atoms with Crippen LogP contribution in [0.25, 0.3) is 0 Å². The Labute approximate surface area is 195 Å². The molecule has 4 saturated carbocycles. The predicted molar refractivity (Wildman–Crippen MR) is 122 cm³/mol. The van der Waals surface area contributed by atoms with Crippen molar-refractivity contribution in [3.63, 3.8) is 0 Å². The third-order valence-corrected chi connectivity index (χ3v) is 8.36. The molecular formula is C27H35NO5. The van der Waals surface area contributed by atoms with Crippen molar-refractivity contribution >= 4 is 17.8 Å². The highest BCUT2D eigenvalue weighted by Crippen LogP contribution is 2.56. The van der Waals surface area contributed by atoms with Gasteiger partial charge in [-0.05, 0) is 74.0 Å². The maximum atomic E-state index is 12.9. The molecule has 0 saturated heterocycles. The Morgan fingerprint density at radius 3 is 1.97 bits per heavy atom. The highest BCUT2D eigenvalue weighted by Gasteiger charge is 2.56. The smallest absolute Gasteiger partial charge is 0.328 e. The SMILES string of the molecule is CCOC(=O)[C@H](Cc1ccc(OC(=O)C2[C@H]3CCCC[C@H]23)cc1)NC(=O)C1[C@H]2CCCC[C@@H]12. The molecule has 6 heteroatoms. The van der Waals surface area contributed by atoms with Crippen molar-refractivity contribution in [3.8, 4) is 5.75 Å². The van der Waals surface area contributed by atoms with E-state index < -0.39 is 12.0 Å². The van der Waals surface area contributed by atoms with Gasteiger partial charge in [0.15, 0.2) is 0 Å². The molecule has 0 radical (unpaired) electrons. The summed E-state index contributed by atoms with van der Waals surface area (Å²) < 4.78 is 10.9. The fourth-order valence-corrected chi connectivity index (χ4v) is 6.54. The summed E-state index contributed by atoms with van der Waals surface area (Å²) in [6.45, 7) is 2.04. The number of carbonyl (C=O) groups excluding carboxylic acids is 3. The first-order valence-electron chi connectivity index (χ1n) is 12.8. The van der Waals surface area contributed by atoms with Gasteiger partial charge in [0.1, 0.15) is 11.8 Å². The van der Waals surface area contributed by atoms with E-state index in [0.29, 0.717) is 35.8 Å². The molecule has 0 aliphatic heterocycles. The van der Waals surface area contributed by atoms with Crippen molar-refractivity contribution < 1.29 is 23.9 Å². The number of fused-ring (bicyclic) bond motifs is 2. The number of amides is 1. The van der Waals surface area contributed by atoms with Crippen LogP contribution in [0.1, 0.15) is 63.9 Å². The molecule has 5 rings (SSSR count). The van der Waals surface area contributed by atoms with Crippen molar-refractivity contribution in [1.29, 1.82) is 0 Å². The zero-order chi connectivity index (χ0) is 22.9. The van der Waals surface area contributed by atoms with Crippen LogP contribution in [-0.4, -0.2) is 30.5 Å². The molecule has 6 nitrogen and oxygen atoms in total. The minimum absolute atomic E-state index is 0.0126. The number of ether oxygens (including phenoxy) is 2. The molecule has 4 aliphatic rings. The van der Waals surface area contributed by atoms with Crippen LogP contribution in [0.2, 0.25) is 0 Å². The lowest BCUT2D eigenvalue weighted by molar-refractivity contribution is -0.147. The molecule has 4 aliphatic carbocycles. The predicted octanol–water partition coefficient (Wildman–Crippen LogP) is 4.05. The Morgan fingerprint density at radius 2 is 1.42 bits per heavy atom. The van der Waals surface area contributed by atoms with Gasteiger partial charge in [-0.15, -0.1) is 0 Å². The third-order valence-electron chi connectivity index (χ3n) is 8.36. The van der Waals surface area contributed by atoms with Crippen LogP contribution < -0.4 is 10.1 Å². The number of benzene rings is 1. The Bertz CT molecular complexity index is 872. The largest absolute Gasteiger partial charge is 0.464 e. The van der Waals surface area contributed by atoms with Gasteiger partial charge in [0, 0.05) is 12.3 Å². The van der Waals surface area contributed by atoms with Gasteiger partial charge in [-0.3, -0.25) is 9.59 Å². The summed E-state index contributed by atoms with van der Waals surface area (Å²) in [5.41, 5.74) is 0.890. The molecule has 6 atom stereocenters. The summed E-state index contributed by atoms with van der Waals surface area (Å²) in [6.07, 6.45) is 9.73. The highest BCUT2D eigenvalue weighted by atomic mass is 16.5. The molecule has 178 valence electrons. The first kappa shape index (κ1) is 22.4. The molecule has 0 aromatic heterocycles.